The van der Waals surface area contributed by atoms with E-state index < -0.39 is 20.2 Å². The minimum atomic E-state index is -3.96. The van der Waals surface area contributed by atoms with Crippen LogP contribution in [-0.2, 0) is 23.9 Å². The fraction of sp³-hybridized carbons (Fsp3) is 0.333. The zero-order chi connectivity index (χ0) is 7.83. The number of rotatable bonds is 0. The Morgan fingerprint density at radius 1 is 1.20 bits per heavy atom. The summed E-state index contributed by atoms with van der Waals surface area (Å²) < 4.78 is 45.3. The zero-order valence-corrected chi connectivity index (χ0v) is 6.35. The minimum Gasteiger partial charge on any atom is -0.198 e. The fourth-order valence-corrected chi connectivity index (χ4v) is 2.82. The Kier molecular flexibility index (Phi) is 1.57. The van der Waals surface area contributed by atoms with E-state index in [9.17, 15) is 16.8 Å². The lowest BCUT2D eigenvalue weighted by Crippen LogP contribution is -2.17. The van der Waals surface area contributed by atoms with Gasteiger partial charge in [-0.05, 0) is 0 Å². The van der Waals surface area contributed by atoms with Gasteiger partial charge in [0.1, 0.15) is 0 Å². The quantitative estimate of drug-likeness (QED) is 0.492. The van der Waals surface area contributed by atoms with Crippen molar-refractivity contribution in [3.63, 3.8) is 0 Å². The highest BCUT2D eigenvalue weighted by Gasteiger charge is 2.23. The van der Waals surface area contributed by atoms with Crippen LogP contribution in [0.25, 0.3) is 0 Å². The summed E-state index contributed by atoms with van der Waals surface area (Å²) in [6.07, 6.45) is 1.02. The molecular formula is C3H4O5S2. The van der Waals surface area contributed by atoms with Crippen LogP contribution in [0.15, 0.2) is 11.5 Å². The van der Waals surface area contributed by atoms with Crippen LogP contribution < -0.4 is 0 Å². The van der Waals surface area contributed by atoms with Crippen LogP contribution in [0.1, 0.15) is 0 Å². The molecule has 0 aliphatic carbocycles. The summed E-state index contributed by atoms with van der Waals surface area (Å²) in [4.78, 5) is 0. The topological polar surface area (TPSA) is 77.5 Å². The van der Waals surface area contributed by atoms with Gasteiger partial charge < -0.3 is 0 Å². The van der Waals surface area contributed by atoms with E-state index in [4.69, 9.17) is 0 Å². The van der Waals surface area contributed by atoms with E-state index in [1.165, 1.54) is 0 Å². The molecule has 0 aromatic rings. The predicted molar refractivity (Wildman–Crippen MR) is 32.9 cm³/mol. The molecule has 5 nitrogen and oxygen atoms in total. The molecule has 1 rings (SSSR count). The molecule has 0 bridgehead atoms. The fourth-order valence-electron chi connectivity index (χ4n) is 0.470. The van der Waals surface area contributed by atoms with Gasteiger partial charge in [-0.15, -0.1) is 3.63 Å². The van der Waals surface area contributed by atoms with Crippen molar-refractivity contribution in [2.24, 2.45) is 0 Å². The van der Waals surface area contributed by atoms with Gasteiger partial charge in [-0.2, -0.15) is 16.8 Å². The number of hydrogen-bond donors (Lipinski definition) is 0. The highest BCUT2D eigenvalue weighted by atomic mass is 32.3. The molecule has 1 heterocycles. The molecule has 0 saturated heterocycles. The molecule has 1 aliphatic rings. The minimum absolute atomic E-state index is 0.383. The third-order valence-electron chi connectivity index (χ3n) is 0.762. The lowest BCUT2D eigenvalue weighted by molar-refractivity contribution is 0.468. The molecule has 58 valence electrons. The molecule has 0 fully saturated rings. The van der Waals surface area contributed by atoms with Crippen LogP contribution in [0, 0.1) is 0 Å². The molecule has 0 aromatic heterocycles. The standard InChI is InChI=1S/C3H4O5S2/c4-9(5)2-1-3-10(6,7)8-9/h1-2H,3H2. The molecule has 0 radical (unpaired) electrons. The van der Waals surface area contributed by atoms with Gasteiger partial charge in [0.05, 0.1) is 11.2 Å². The highest BCUT2D eigenvalue weighted by molar-refractivity contribution is 8.02. The summed E-state index contributed by atoms with van der Waals surface area (Å²) in [5.74, 6) is -0.383. The first kappa shape index (κ1) is 7.70. The van der Waals surface area contributed by atoms with Gasteiger partial charge in [0.2, 0.25) is 0 Å². The molecule has 0 aromatic carbocycles. The third kappa shape index (κ3) is 1.79. The Balaban J connectivity index is 3.19. The molecule has 0 N–H and O–H groups in total. The van der Waals surface area contributed by atoms with Gasteiger partial charge in [-0.3, -0.25) is 0 Å². The second kappa shape index (κ2) is 2.04. The Morgan fingerprint density at radius 2 is 1.80 bits per heavy atom. The van der Waals surface area contributed by atoms with Gasteiger partial charge in [0, 0.05) is 0 Å². The van der Waals surface area contributed by atoms with E-state index in [1.54, 1.807) is 0 Å². The van der Waals surface area contributed by atoms with Crippen molar-refractivity contribution >= 4 is 20.2 Å². The van der Waals surface area contributed by atoms with Crippen molar-refractivity contribution in [3.05, 3.63) is 11.5 Å². The van der Waals surface area contributed by atoms with Gasteiger partial charge in [-0.25, -0.2) is 0 Å². The maximum Gasteiger partial charge on any atom is 0.304 e. The molecule has 0 spiro atoms. The maximum atomic E-state index is 10.4. The monoisotopic (exact) mass is 184 g/mol. The van der Waals surface area contributed by atoms with E-state index in [0.29, 0.717) is 5.41 Å². The van der Waals surface area contributed by atoms with Crippen molar-refractivity contribution in [2.75, 3.05) is 5.75 Å². The summed E-state index contributed by atoms with van der Waals surface area (Å²) >= 11 is 0. The molecule has 0 atom stereocenters. The first-order valence-electron chi connectivity index (χ1n) is 2.27. The van der Waals surface area contributed by atoms with Crippen LogP contribution >= 0.6 is 0 Å². The smallest absolute Gasteiger partial charge is 0.198 e. The van der Waals surface area contributed by atoms with Crippen molar-refractivity contribution in [3.8, 4) is 0 Å². The highest BCUT2D eigenvalue weighted by Crippen LogP contribution is 2.09. The lowest BCUT2D eigenvalue weighted by Gasteiger charge is -2.03. The maximum absolute atomic E-state index is 10.4. The van der Waals surface area contributed by atoms with Crippen LogP contribution in [-0.4, -0.2) is 22.6 Å². The molecule has 10 heavy (non-hydrogen) atoms. The van der Waals surface area contributed by atoms with Gasteiger partial charge in [0.15, 0.2) is 0 Å². The lowest BCUT2D eigenvalue weighted by atomic mass is 10.8. The molecule has 0 unspecified atom stereocenters. The van der Waals surface area contributed by atoms with Crippen molar-refractivity contribution in [1.29, 1.82) is 0 Å². The Bertz CT molecular complexity index is 344. The molecule has 0 saturated carbocycles. The van der Waals surface area contributed by atoms with Crippen molar-refractivity contribution < 1.29 is 20.5 Å². The molecule has 7 heteroatoms. The van der Waals surface area contributed by atoms with E-state index in [1.807, 2.05) is 0 Å². The van der Waals surface area contributed by atoms with E-state index in [-0.39, 0.29) is 5.75 Å². The summed E-state index contributed by atoms with van der Waals surface area (Å²) in [6.45, 7) is 0. The van der Waals surface area contributed by atoms with Crippen LogP contribution in [0.4, 0.5) is 0 Å². The van der Waals surface area contributed by atoms with E-state index in [2.05, 4.69) is 3.63 Å². The first-order chi connectivity index (χ1) is 4.41. The molecule has 0 amide bonds. The summed E-state index contributed by atoms with van der Waals surface area (Å²) in [6, 6.07) is 0. The summed E-state index contributed by atoms with van der Waals surface area (Å²) in [7, 11) is -7.82. The Hall–Kier alpha value is -0.400. The Morgan fingerprint density at radius 3 is 2.10 bits per heavy atom. The van der Waals surface area contributed by atoms with Gasteiger partial charge in [-0.1, -0.05) is 6.08 Å². The Labute approximate surface area is 58.6 Å². The van der Waals surface area contributed by atoms with Crippen molar-refractivity contribution in [2.45, 2.75) is 0 Å². The largest absolute Gasteiger partial charge is 0.304 e. The molecule has 1 aliphatic heterocycles. The SMILES string of the molecule is O=S1(=O)C=CCS(=O)(=O)O1. The number of hydrogen-bond acceptors (Lipinski definition) is 5. The summed E-state index contributed by atoms with van der Waals surface area (Å²) in [5.41, 5.74) is 0. The first-order valence-corrected chi connectivity index (χ1v) is 5.31. The van der Waals surface area contributed by atoms with Crippen molar-refractivity contribution in [1.82, 2.24) is 0 Å². The normalized spacial score (nSPS) is 28.0. The average Bonchev–Trinajstić information content (AvgIpc) is 1.56. The summed E-state index contributed by atoms with van der Waals surface area (Å²) in [5, 5.41) is 0.716. The van der Waals surface area contributed by atoms with E-state index >= 15 is 0 Å². The zero-order valence-electron chi connectivity index (χ0n) is 4.72. The molecular weight excluding hydrogens is 180 g/mol. The van der Waals surface area contributed by atoms with Crippen LogP contribution in [0.5, 0.6) is 0 Å². The third-order valence-corrected chi connectivity index (χ3v) is 3.48. The predicted octanol–water partition coefficient (Wildman–Crippen LogP) is -0.810. The van der Waals surface area contributed by atoms with Crippen LogP contribution in [0.3, 0.4) is 0 Å². The average molecular weight is 184 g/mol. The second-order valence-corrected chi connectivity index (χ2v) is 4.91. The second-order valence-electron chi connectivity index (χ2n) is 1.66. The van der Waals surface area contributed by atoms with E-state index in [0.717, 1.165) is 6.08 Å². The van der Waals surface area contributed by atoms with Crippen LogP contribution in [0.2, 0.25) is 0 Å². The van der Waals surface area contributed by atoms with Gasteiger partial charge in [0.25, 0.3) is 10.1 Å². The van der Waals surface area contributed by atoms with Gasteiger partial charge >= 0.3 is 10.1 Å².